The number of ketones is 1. The molecule has 0 unspecified atom stereocenters. The van der Waals surface area contributed by atoms with Crippen molar-refractivity contribution in [3.8, 4) is 0 Å². The predicted octanol–water partition coefficient (Wildman–Crippen LogP) is 3.85. The maximum Gasteiger partial charge on any atom is 0.188 e. The van der Waals surface area contributed by atoms with Gasteiger partial charge in [-0.15, -0.1) is 0 Å². The van der Waals surface area contributed by atoms with Gasteiger partial charge in [0, 0.05) is 10.0 Å². The lowest BCUT2D eigenvalue weighted by atomic mass is 10.1. The molecule has 2 aromatic carbocycles. The number of carbonyl (C=O) groups is 1. The van der Waals surface area contributed by atoms with Crippen molar-refractivity contribution in [3.63, 3.8) is 0 Å². The molecule has 0 atom stereocenters. The first-order chi connectivity index (χ1) is 8.77. The van der Waals surface area contributed by atoms with E-state index in [0.29, 0.717) is 12.2 Å². The first-order valence-corrected chi connectivity index (χ1v) is 6.46. The normalized spacial score (nSPS) is 10.3. The molecule has 0 heterocycles. The van der Waals surface area contributed by atoms with Gasteiger partial charge in [0.1, 0.15) is 6.61 Å². The summed E-state index contributed by atoms with van der Waals surface area (Å²) in [5, 5.41) is 0. The second-order valence-electron chi connectivity index (χ2n) is 3.87. The van der Waals surface area contributed by atoms with E-state index < -0.39 is 0 Å². The van der Waals surface area contributed by atoms with E-state index in [1.165, 1.54) is 0 Å². The van der Waals surface area contributed by atoms with Gasteiger partial charge in [0.25, 0.3) is 0 Å². The lowest BCUT2D eigenvalue weighted by Gasteiger charge is -2.05. The minimum Gasteiger partial charge on any atom is -0.369 e. The van der Waals surface area contributed by atoms with Crippen LogP contribution in [0.1, 0.15) is 15.9 Å². The first kappa shape index (κ1) is 13.0. The number of halogens is 1. The fourth-order valence-corrected chi connectivity index (χ4v) is 1.98. The van der Waals surface area contributed by atoms with Gasteiger partial charge in [-0.25, -0.2) is 0 Å². The van der Waals surface area contributed by atoms with Gasteiger partial charge in [-0.1, -0.05) is 64.5 Å². The zero-order valence-corrected chi connectivity index (χ0v) is 11.4. The molecule has 0 aliphatic rings. The van der Waals surface area contributed by atoms with E-state index in [0.717, 1.165) is 10.0 Å². The molecular weight excluding hydrogens is 292 g/mol. The number of Topliss-reactive ketones (excluding diaryl/α,β-unsaturated/α-hetero) is 1. The summed E-state index contributed by atoms with van der Waals surface area (Å²) < 4.78 is 6.43. The molecular formula is C15H13BrO2. The fourth-order valence-electron chi connectivity index (χ4n) is 1.58. The van der Waals surface area contributed by atoms with Crippen molar-refractivity contribution in [3.05, 3.63) is 70.2 Å². The van der Waals surface area contributed by atoms with E-state index in [9.17, 15) is 4.79 Å². The first-order valence-electron chi connectivity index (χ1n) is 5.67. The summed E-state index contributed by atoms with van der Waals surface area (Å²) in [4.78, 5) is 11.8. The molecule has 0 saturated carbocycles. The van der Waals surface area contributed by atoms with E-state index >= 15 is 0 Å². The highest BCUT2D eigenvalue weighted by molar-refractivity contribution is 9.10. The highest BCUT2D eigenvalue weighted by Gasteiger charge is 2.05. The van der Waals surface area contributed by atoms with Crippen LogP contribution in [0.4, 0.5) is 0 Å². The molecule has 0 radical (unpaired) electrons. The van der Waals surface area contributed by atoms with Crippen molar-refractivity contribution >= 4 is 21.7 Å². The molecule has 2 aromatic rings. The Morgan fingerprint density at radius 2 is 1.67 bits per heavy atom. The summed E-state index contributed by atoms with van der Waals surface area (Å²) in [5.41, 5.74) is 1.72. The third kappa shape index (κ3) is 3.52. The summed E-state index contributed by atoms with van der Waals surface area (Å²) in [6.45, 7) is 0.533. The van der Waals surface area contributed by atoms with Crippen LogP contribution in [0.2, 0.25) is 0 Å². The van der Waals surface area contributed by atoms with Gasteiger partial charge < -0.3 is 4.74 Å². The van der Waals surface area contributed by atoms with E-state index in [1.807, 2.05) is 42.5 Å². The highest BCUT2D eigenvalue weighted by Crippen LogP contribution is 2.16. The van der Waals surface area contributed by atoms with Crippen LogP contribution in [0.3, 0.4) is 0 Å². The molecule has 18 heavy (non-hydrogen) atoms. The van der Waals surface area contributed by atoms with Crippen LogP contribution in [-0.2, 0) is 11.3 Å². The van der Waals surface area contributed by atoms with Gasteiger partial charge in [-0.05, 0) is 11.6 Å². The SMILES string of the molecule is O=C(COCc1ccccc1Br)c1ccccc1. The molecule has 0 aliphatic carbocycles. The Labute approximate surface area is 115 Å². The number of hydrogen-bond donors (Lipinski definition) is 0. The average Bonchev–Trinajstić information content (AvgIpc) is 2.42. The quantitative estimate of drug-likeness (QED) is 0.784. The zero-order valence-electron chi connectivity index (χ0n) is 9.80. The van der Waals surface area contributed by atoms with Crippen LogP contribution in [-0.4, -0.2) is 12.4 Å². The largest absolute Gasteiger partial charge is 0.369 e. The van der Waals surface area contributed by atoms with Crippen LogP contribution < -0.4 is 0 Å². The Morgan fingerprint density at radius 3 is 2.39 bits per heavy atom. The van der Waals surface area contributed by atoms with E-state index in [1.54, 1.807) is 12.1 Å². The van der Waals surface area contributed by atoms with Gasteiger partial charge in [-0.3, -0.25) is 4.79 Å². The third-order valence-electron chi connectivity index (χ3n) is 2.54. The van der Waals surface area contributed by atoms with Gasteiger partial charge in [0.05, 0.1) is 6.61 Å². The Hall–Kier alpha value is -1.45. The molecule has 0 N–H and O–H groups in total. The third-order valence-corrected chi connectivity index (χ3v) is 3.32. The van der Waals surface area contributed by atoms with Crippen molar-refractivity contribution in [1.29, 1.82) is 0 Å². The molecule has 0 aromatic heterocycles. The standard InChI is InChI=1S/C15H13BrO2/c16-14-9-5-4-8-13(14)10-18-11-15(17)12-6-2-1-3-7-12/h1-9H,10-11H2. The van der Waals surface area contributed by atoms with Crippen molar-refractivity contribution < 1.29 is 9.53 Å². The minimum absolute atomic E-state index is 0.00246. The second kappa shape index (κ2) is 6.47. The van der Waals surface area contributed by atoms with E-state index in [2.05, 4.69) is 15.9 Å². The van der Waals surface area contributed by atoms with Crippen molar-refractivity contribution in [2.75, 3.05) is 6.61 Å². The van der Waals surface area contributed by atoms with Crippen LogP contribution in [0.5, 0.6) is 0 Å². The molecule has 0 amide bonds. The Bertz CT molecular complexity index is 523. The summed E-state index contributed by atoms with van der Waals surface area (Å²) in [5.74, 6) is 0.00246. The number of rotatable bonds is 5. The lowest BCUT2D eigenvalue weighted by Crippen LogP contribution is -2.09. The van der Waals surface area contributed by atoms with Crippen molar-refractivity contribution in [2.24, 2.45) is 0 Å². The Morgan fingerprint density at radius 1 is 1.00 bits per heavy atom. The number of carbonyl (C=O) groups excluding carboxylic acids is 1. The summed E-state index contributed by atoms with van der Waals surface area (Å²) in [6.07, 6.45) is 0. The van der Waals surface area contributed by atoms with Crippen molar-refractivity contribution in [2.45, 2.75) is 6.61 Å². The van der Waals surface area contributed by atoms with E-state index in [4.69, 9.17) is 4.74 Å². The Balaban J connectivity index is 1.86. The molecule has 2 nitrogen and oxygen atoms in total. The monoisotopic (exact) mass is 304 g/mol. The van der Waals surface area contributed by atoms with Crippen molar-refractivity contribution in [1.82, 2.24) is 0 Å². The van der Waals surface area contributed by atoms with Crippen LogP contribution >= 0.6 is 15.9 Å². The van der Waals surface area contributed by atoms with Gasteiger partial charge in [0.2, 0.25) is 0 Å². The molecule has 2 rings (SSSR count). The van der Waals surface area contributed by atoms with Crippen LogP contribution in [0, 0.1) is 0 Å². The van der Waals surface area contributed by atoms with E-state index in [-0.39, 0.29) is 12.4 Å². The lowest BCUT2D eigenvalue weighted by molar-refractivity contribution is 0.0725. The summed E-state index contributed by atoms with van der Waals surface area (Å²) in [6, 6.07) is 17.0. The molecule has 3 heteroatoms. The average molecular weight is 305 g/mol. The minimum atomic E-state index is 0.00246. The number of hydrogen-bond acceptors (Lipinski definition) is 2. The molecule has 0 bridgehead atoms. The summed E-state index contributed by atoms with van der Waals surface area (Å²) >= 11 is 3.44. The molecule has 0 saturated heterocycles. The maximum absolute atomic E-state index is 11.8. The molecule has 0 aliphatic heterocycles. The maximum atomic E-state index is 11.8. The topological polar surface area (TPSA) is 26.3 Å². The van der Waals surface area contributed by atoms with Crippen LogP contribution in [0.15, 0.2) is 59.1 Å². The Kier molecular flexibility index (Phi) is 4.67. The van der Waals surface area contributed by atoms with Gasteiger partial charge in [-0.2, -0.15) is 0 Å². The van der Waals surface area contributed by atoms with Gasteiger partial charge >= 0.3 is 0 Å². The number of ether oxygens (including phenoxy) is 1. The number of benzene rings is 2. The zero-order chi connectivity index (χ0) is 12.8. The smallest absolute Gasteiger partial charge is 0.188 e. The molecule has 0 spiro atoms. The molecule has 92 valence electrons. The van der Waals surface area contributed by atoms with Crippen LogP contribution in [0.25, 0.3) is 0 Å². The highest BCUT2D eigenvalue weighted by atomic mass is 79.9. The fraction of sp³-hybridized carbons (Fsp3) is 0.133. The molecule has 0 fully saturated rings. The van der Waals surface area contributed by atoms with Gasteiger partial charge in [0.15, 0.2) is 5.78 Å². The predicted molar refractivity (Wildman–Crippen MR) is 74.6 cm³/mol. The second-order valence-corrected chi connectivity index (χ2v) is 4.73. The summed E-state index contributed by atoms with van der Waals surface area (Å²) in [7, 11) is 0.